The van der Waals surface area contributed by atoms with Crippen LogP contribution in [0.25, 0.3) is 0 Å². The van der Waals surface area contributed by atoms with Crippen molar-refractivity contribution < 1.29 is 4.74 Å². The summed E-state index contributed by atoms with van der Waals surface area (Å²) in [6, 6.07) is 11.2. The fourth-order valence-electron chi connectivity index (χ4n) is 2.94. The van der Waals surface area contributed by atoms with Crippen LogP contribution in [-0.2, 0) is 12.8 Å². The third-order valence-corrected chi connectivity index (χ3v) is 4.33. The second-order valence-corrected chi connectivity index (χ2v) is 6.06. The van der Waals surface area contributed by atoms with Crippen molar-refractivity contribution in [3.05, 3.63) is 59.4 Å². The molecule has 0 bridgehead atoms. The zero-order chi connectivity index (χ0) is 15.2. The first kappa shape index (κ1) is 15.0. The van der Waals surface area contributed by atoms with Crippen molar-refractivity contribution in [3.8, 4) is 5.75 Å². The number of aromatic nitrogens is 1. The van der Waals surface area contributed by atoms with Crippen LogP contribution in [-0.4, -0.2) is 24.2 Å². The highest BCUT2D eigenvalue weighted by Crippen LogP contribution is 2.16. The molecule has 2 heterocycles. The van der Waals surface area contributed by atoms with E-state index in [1.165, 1.54) is 29.5 Å². The maximum atomic E-state index is 5.88. The van der Waals surface area contributed by atoms with Gasteiger partial charge in [0.25, 0.3) is 0 Å². The molecule has 2 aromatic rings. The Morgan fingerprint density at radius 1 is 1.23 bits per heavy atom. The summed E-state index contributed by atoms with van der Waals surface area (Å²) in [5.74, 6) is 0.885. The Labute approximate surface area is 132 Å². The molecule has 1 aliphatic heterocycles. The summed E-state index contributed by atoms with van der Waals surface area (Å²) in [5, 5.41) is 3.45. The molecular weight excluding hydrogens is 272 g/mol. The molecule has 22 heavy (non-hydrogen) atoms. The molecule has 0 saturated carbocycles. The first-order chi connectivity index (χ1) is 10.8. The molecule has 3 nitrogen and oxygen atoms in total. The lowest BCUT2D eigenvalue weighted by atomic mass is 10.0. The molecule has 0 spiro atoms. The van der Waals surface area contributed by atoms with Gasteiger partial charge in [0.05, 0.1) is 6.20 Å². The quantitative estimate of drug-likeness (QED) is 0.888. The predicted octanol–water partition coefficient (Wildman–Crippen LogP) is 3.31. The lowest BCUT2D eigenvalue weighted by Crippen LogP contribution is -2.28. The van der Waals surface area contributed by atoms with Crippen molar-refractivity contribution >= 4 is 0 Å². The van der Waals surface area contributed by atoms with E-state index >= 15 is 0 Å². The Morgan fingerprint density at radius 2 is 2.14 bits per heavy atom. The summed E-state index contributed by atoms with van der Waals surface area (Å²) in [5.41, 5.74) is 4.00. The molecule has 1 saturated heterocycles. The van der Waals surface area contributed by atoms with Crippen LogP contribution < -0.4 is 10.1 Å². The van der Waals surface area contributed by atoms with Crippen LogP contribution >= 0.6 is 0 Å². The third-order valence-electron chi connectivity index (χ3n) is 4.33. The van der Waals surface area contributed by atoms with Crippen LogP contribution in [0.2, 0.25) is 0 Å². The normalized spacial score (nSPS) is 17.6. The van der Waals surface area contributed by atoms with Crippen molar-refractivity contribution in [3.63, 3.8) is 0 Å². The van der Waals surface area contributed by atoms with Gasteiger partial charge in [-0.05, 0) is 61.9 Å². The fourth-order valence-corrected chi connectivity index (χ4v) is 2.94. The minimum atomic E-state index is 0.496. The highest BCUT2D eigenvalue weighted by molar-refractivity contribution is 5.28. The van der Waals surface area contributed by atoms with E-state index in [4.69, 9.17) is 4.74 Å². The number of aryl methyl sites for hydroxylation is 3. The number of hydrogen-bond acceptors (Lipinski definition) is 3. The topological polar surface area (TPSA) is 34.1 Å². The number of nitrogens with zero attached hydrogens (tertiary/aromatic N) is 1. The molecule has 0 radical (unpaired) electrons. The van der Waals surface area contributed by atoms with Crippen LogP contribution in [0.4, 0.5) is 0 Å². The second kappa shape index (κ2) is 7.41. The van der Waals surface area contributed by atoms with E-state index in [2.05, 4.69) is 47.6 Å². The molecule has 1 atom stereocenters. The van der Waals surface area contributed by atoms with E-state index in [0.29, 0.717) is 6.04 Å². The Bertz CT molecular complexity index is 606. The number of pyridine rings is 1. The second-order valence-electron chi connectivity index (χ2n) is 6.06. The van der Waals surface area contributed by atoms with Crippen molar-refractivity contribution in [2.24, 2.45) is 0 Å². The van der Waals surface area contributed by atoms with E-state index in [0.717, 1.165) is 31.7 Å². The van der Waals surface area contributed by atoms with Gasteiger partial charge in [-0.15, -0.1) is 0 Å². The minimum absolute atomic E-state index is 0.496. The molecule has 1 aromatic carbocycles. The van der Waals surface area contributed by atoms with E-state index in [9.17, 15) is 0 Å². The third kappa shape index (κ3) is 4.08. The maximum Gasteiger partial charge on any atom is 0.137 e. The maximum absolute atomic E-state index is 5.88. The molecule has 1 N–H and O–H groups in total. The first-order valence-electron chi connectivity index (χ1n) is 8.16. The van der Waals surface area contributed by atoms with Gasteiger partial charge in [-0.1, -0.05) is 24.3 Å². The van der Waals surface area contributed by atoms with Gasteiger partial charge in [0.2, 0.25) is 0 Å². The van der Waals surface area contributed by atoms with Gasteiger partial charge in [-0.2, -0.15) is 0 Å². The summed E-state index contributed by atoms with van der Waals surface area (Å²) >= 11 is 0. The first-order valence-corrected chi connectivity index (χ1v) is 8.16. The molecule has 0 amide bonds. The average Bonchev–Trinajstić information content (AvgIpc) is 3.06. The highest BCUT2D eigenvalue weighted by Gasteiger charge is 2.14. The summed E-state index contributed by atoms with van der Waals surface area (Å²) in [6.45, 7) is 4.02. The van der Waals surface area contributed by atoms with Crippen LogP contribution in [0.3, 0.4) is 0 Å². The zero-order valence-electron chi connectivity index (χ0n) is 13.2. The van der Waals surface area contributed by atoms with Crippen molar-refractivity contribution in [2.75, 3.05) is 13.2 Å². The van der Waals surface area contributed by atoms with Gasteiger partial charge in [0.1, 0.15) is 12.4 Å². The van der Waals surface area contributed by atoms with Gasteiger partial charge in [0, 0.05) is 12.2 Å². The SMILES string of the molecule is Cc1ccccc1CCc1cncc(OCC2CCCN2)c1. The summed E-state index contributed by atoms with van der Waals surface area (Å²) in [4.78, 5) is 4.32. The number of benzene rings is 1. The number of hydrogen-bond donors (Lipinski definition) is 1. The van der Waals surface area contributed by atoms with Crippen molar-refractivity contribution in [1.82, 2.24) is 10.3 Å². The molecule has 0 aliphatic carbocycles. The van der Waals surface area contributed by atoms with E-state index in [-0.39, 0.29) is 0 Å². The molecule has 1 unspecified atom stereocenters. The Hall–Kier alpha value is -1.87. The Balaban J connectivity index is 1.55. The molecule has 3 heteroatoms. The molecule has 116 valence electrons. The van der Waals surface area contributed by atoms with E-state index in [1.807, 2.05) is 12.4 Å². The standard InChI is InChI=1S/C19H24N2O/c1-15-5-2-3-6-17(15)9-8-16-11-19(13-20-12-16)22-14-18-7-4-10-21-18/h2-3,5-6,11-13,18,21H,4,7-10,14H2,1H3. The number of rotatable bonds is 6. The van der Waals surface area contributed by atoms with Gasteiger partial charge in [0.15, 0.2) is 0 Å². The molecule has 1 aromatic heterocycles. The average molecular weight is 296 g/mol. The summed E-state index contributed by atoms with van der Waals surface area (Å²) < 4.78 is 5.88. The van der Waals surface area contributed by atoms with Crippen LogP contribution in [0.1, 0.15) is 29.5 Å². The van der Waals surface area contributed by atoms with Crippen molar-refractivity contribution in [1.29, 1.82) is 0 Å². The molecule has 1 aliphatic rings. The largest absolute Gasteiger partial charge is 0.490 e. The van der Waals surface area contributed by atoms with Crippen LogP contribution in [0, 0.1) is 6.92 Å². The lowest BCUT2D eigenvalue weighted by Gasteiger charge is -2.12. The zero-order valence-corrected chi connectivity index (χ0v) is 13.2. The summed E-state index contributed by atoms with van der Waals surface area (Å²) in [7, 11) is 0. The molecule has 3 rings (SSSR count). The van der Waals surface area contributed by atoms with Gasteiger partial charge in [-0.3, -0.25) is 4.98 Å². The fraction of sp³-hybridized carbons (Fsp3) is 0.421. The van der Waals surface area contributed by atoms with E-state index < -0.39 is 0 Å². The number of ether oxygens (including phenoxy) is 1. The lowest BCUT2D eigenvalue weighted by molar-refractivity contribution is 0.276. The number of nitrogens with one attached hydrogen (secondary N) is 1. The van der Waals surface area contributed by atoms with Gasteiger partial charge in [-0.25, -0.2) is 0 Å². The highest BCUT2D eigenvalue weighted by atomic mass is 16.5. The minimum Gasteiger partial charge on any atom is -0.490 e. The smallest absolute Gasteiger partial charge is 0.137 e. The van der Waals surface area contributed by atoms with Gasteiger partial charge >= 0.3 is 0 Å². The Kier molecular flexibility index (Phi) is 5.07. The molecular formula is C19H24N2O. The van der Waals surface area contributed by atoms with Gasteiger partial charge < -0.3 is 10.1 Å². The van der Waals surface area contributed by atoms with Crippen LogP contribution in [0.5, 0.6) is 5.75 Å². The predicted molar refractivity (Wildman–Crippen MR) is 89.3 cm³/mol. The van der Waals surface area contributed by atoms with Crippen LogP contribution in [0.15, 0.2) is 42.7 Å². The summed E-state index contributed by atoms with van der Waals surface area (Å²) in [6.07, 6.45) is 8.26. The van der Waals surface area contributed by atoms with Crippen molar-refractivity contribution in [2.45, 2.75) is 38.6 Å². The molecule has 1 fully saturated rings. The monoisotopic (exact) mass is 296 g/mol. The Morgan fingerprint density at radius 3 is 2.95 bits per heavy atom. The van der Waals surface area contributed by atoms with E-state index in [1.54, 1.807) is 0 Å².